The summed E-state index contributed by atoms with van der Waals surface area (Å²) in [4.78, 5) is 2.54. The number of fused-ring (bicyclic) bond motifs is 2. The van der Waals surface area contributed by atoms with Crippen LogP contribution in [0.3, 0.4) is 0 Å². The SMILES string of the molecule is C#CCCN1C2CCC1CC(O)(Cc1ccccc1)C2. The Morgan fingerprint density at radius 2 is 1.85 bits per heavy atom. The predicted octanol–water partition coefficient (Wildman–Crippen LogP) is 2.61. The smallest absolute Gasteiger partial charge is 0.0717 e. The number of nitrogens with zero attached hydrogens (tertiary/aromatic N) is 1. The van der Waals surface area contributed by atoms with Crippen molar-refractivity contribution in [2.45, 2.75) is 56.2 Å². The number of piperidine rings is 1. The molecule has 2 atom stereocenters. The van der Waals surface area contributed by atoms with Gasteiger partial charge in [0, 0.05) is 31.5 Å². The summed E-state index contributed by atoms with van der Waals surface area (Å²) in [5.41, 5.74) is 0.714. The van der Waals surface area contributed by atoms with Gasteiger partial charge in [0.25, 0.3) is 0 Å². The molecule has 2 heterocycles. The number of aliphatic hydroxyl groups is 1. The van der Waals surface area contributed by atoms with E-state index in [0.29, 0.717) is 12.1 Å². The van der Waals surface area contributed by atoms with Crippen molar-refractivity contribution in [3.63, 3.8) is 0 Å². The van der Waals surface area contributed by atoms with Crippen LogP contribution >= 0.6 is 0 Å². The van der Waals surface area contributed by atoms with Gasteiger partial charge in [-0.15, -0.1) is 12.3 Å². The molecule has 2 aliphatic heterocycles. The van der Waals surface area contributed by atoms with Crippen molar-refractivity contribution in [2.75, 3.05) is 6.54 Å². The minimum Gasteiger partial charge on any atom is -0.389 e. The van der Waals surface area contributed by atoms with Crippen LogP contribution in [0.4, 0.5) is 0 Å². The van der Waals surface area contributed by atoms with Crippen LogP contribution in [0.2, 0.25) is 0 Å². The first-order valence-corrected chi connectivity index (χ1v) is 7.66. The third kappa shape index (κ3) is 2.75. The average molecular weight is 269 g/mol. The maximum atomic E-state index is 11.0. The molecule has 2 aliphatic rings. The van der Waals surface area contributed by atoms with E-state index in [1.807, 2.05) is 6.07 Å². The minimum absolute atomic E-state index is 0.524. The lowest BCUT2D eigenvalue weighted by Crippen LogP contribution is -2.52. The Labute approximate surface area is 121 Å². The molecule has 1 N–H and O–H groups in total. The van der Waals surface area contributed by atoms with Crippen molar-refractivity contribution in [1.29, 1.82) is 0 Å². The molecule has 3 rings (SSSR count). The lowest BCUT2D eigenvalue weighted by molar-refractivity contribution is -0.0506. The number of hydrogen-bond donors (Lipinski definition) is 1. The van der Waals surface area contributed by atoms with Crippen LogP contribution in [0, 0.1) is 12.3 Å². The van der Waals surface area contributed by atoms with Gasteiger partial charge < -0.3 is 5.11 Å². The maximum Gasteiger partial charge on any atom is 0.0717 e. The molecule has 1 aromatic carbocycles. The Balaban J connectivity index is 1.68. The van der Waals surface area contributed by atoms with Gasteiger partial charge in [0.1, 0.15) is 0 Å². The van der Waals surface area contributed by atoms with Gasteiger partial charge in [-0.2, -0.15) is 0 Å². The van der Waals surface area contributed by atoms with Crippen molar-refractivity contribution < 1.29 is 5.11 Å². The van der Waals surface area contributed by atoms with Gasteiger partial charge in [-0.25, -0.2) is 0 Å². The second-order valence-corrected chi connectivity index (χ2v) is 6.37. The van der Waals surface area contributed by atoms with Crippen molar-refractivity contribution in [3.05, 3.63) is 35.9 Å². The van der Waals surface area contributed by atoms with Gasteiger partial charge in [-0.1, -0.05) is 30.3 Å². The molecule has 2 nitrogen and oxygen atoms in total. The summed E-state index contributed by atoms with van der Waals surface area (Å²) in [7, 11) is 0. The van der Waals surface area contributed by atoms with E-state index in [-0.39, 0.29) is 0 Å². The van der Waals surface area contributed by atoms with Gasteiger partial charge in [-0.05, 0) is 31.2 Å². The fraction of sp³-hybridized carbons (Fsp3) is 0.556. The van der Waals surface area contributed by atoms with E-state index < -0.39 is 5.60 Å². The van der Waals surface area contributed by atoms with E-state index in [9.17, 15) is 5.11 Å². The highest BCUT2D eigenvalue weighted by atomic mass is 16.3. The van der Waals surface area contributed by atoms with Crippen LogP contribution in [0.15, 0.2) is 30.3 Å². The van der Waals surface area contributed by atoms with E-state index in [1.54, 1.807) is 0 Å². The quantitative estimate of drug-likeness (QED) is 0.849. The highest BCUT2D eigenvalue weighted by molar-refractivity contribution is 5.18. The molecular weight excluding hydrogens is 246 g/mol. The average Bonchev–Trinajstić information content (AvgIpc) is 2.69. The number of rotatable bonds is 4. The van der Waals surface area contributed by atoms with E-state index in [0.717, 1.165) is 32.2 Å². The third-order valence-corrected chi connectivity index (χ3v) is 4.89. The molecular formula is C18H23NO. The summed E-state index contributed by atoms with van der Waals surface area (Å²) in [5.74, 6) is 2.74. The van der Waals surface area contributed by atoms with Crippen molar-refractivity contribution in [1.82, 2.24) is 4.90 Å². The minimum atomic E-state index is -0.528. The lowest BCUT2D eigenvalue weighted by Gasteiger charge is -2.44. The highest BCUT2D eigenvalue weighted by Gasteiger charge is 2.46. The molecule has 0 saturated carbocycles. The maximum absolute atomic E-state index is 11.0. The van der Waals surface area contributed by atoms with Gasteiger partial charge in [0.15, 0.2) is 0 Å². The third-order valence-electron chi connectivity index (χ3n) is 4.89. The largest absolute Gasteiger partial charge is 0.389 e. The molecule has 2 unspecified atom stereocenters. The summed E-state index contributed by atoms with van der Waals surface area (Å²) in [6, 6.07) is 11.4. The zero-order valence-corrected chi connectivity index (χ0v) is 12.0. The summed E-state index contributed by atoms with van der Waals surface area (Å²) < 4.78 is 0. The fourth-order valence-corrected chi connectivity index (χ4v) is 4.09. The normalized spacial score (nSPS) is 33.0. The molecule has 106 valence electrons. The van der Waals surface area contributed by atoms with Crippen LogP contribution in [-0.4, -0.2) is 34.2 Å². The first-order chi connectivity index (χ1) is 9.70. The first kappa shape index (κ1) is 13.7. The zero-order valence-electron chi connectivity index (χ0n) is 12.0. The molecule has 2 fully saturated rings. The van der Waals surface area contributed by atoms with E-state index in [4.69, 9.17) is 6.42 Å². The fourth-order valence-electron chi connectivity index (χ4n) is 4.09. The van der Waals surface area contributed by atoms with E-state index in [1.165, 1.54) is 18.4 Å². The topological polar surface area (TPSA) is 23.5 Å². The summed E-state index contributed by atoms with van der Waals surface area (Å²) in [6.45, 7) is 0.993. The molecule has 0 spiro atoms. The molecule has 2 saturated heterocycles. The Bertz CT molecular complexity index is 476. The Morgan fingerprint density at radius 3 is 2.45 bits per heavy atom. The molecule has 0 aromatic heterocycles. The van der Waals surface area contributed by atoms with Crippen molar-refractivity contribution >= 4 is 0 Å². The van der Waals surface area contributed by atoms with Crippen molar-refractivity contribution in [2.24, 2.45) is 0 Å². The van der Waals surface area contributed by atoms with Crippen LogP contribution in [0.5, 0.6) is 0 Å². The number of hydrogen-bond acceptors (Lipinski definition) is 2. The molecule has 20 heavy (non-hydrogen) atoms. The van der Waals surface area contributed by atoms with Gasteiger partial charge in [0.2, 0.25) is 0 Å². The van der Waals surface area contributed by atoms with Gasteiger partial charge in [-0.3, -0.25) is 4.90 Å². The second-order valence-electron chi connectivity index (χ2n) is 6.37. The van der Waals surface area contributed by atoms with E-state index in [2.05, 4.69) is 35.1 Å². The standard InChI is InChI=1S/C18H23NO/c1-2-3-11-19-16-9-10-17(19)14-18(20,13-16)12-15-7-5-4-6-8-15/h1,4-8,16-17,20H,3,9-14H2. The summed E-state index contributed by atoms with van der Waals surface area (Å²) >= 11 is 0. The Morgan fingerprint density at radius 1 is 1.20 bits per heavy atom. The van der Waals surface area contributed by atoms with Gasteiger partial charge in [0.05, 0.1) is 5.60 Å². The molecule has 0 aliphatic carbocycles. The van der Waals surface area contributed by atoms with Crippen LogP contribution in [0.25, 0.3) is 0 Å². The van der Waals surface area contributed by atoms with Gasteiger partial charge >= 0.3 is 0 Å². The monoisotopic (exact) mass is 269 g/mol. The number of benzene rings is 1. The van der Waals surface area contributed by atoms with Crippen LogP contribution < -0.4 is 0 Å². The predicted molar refractivity (Wildman–Crippen MR) is 81.3 cm³/mol. The second kappa shape index (κ2) is 5.60. The van der Waals surface area contributed by atoms with Crippen LogP contribution in [-0.2, 0) is 6.42 Å². The lowest BCUT2D eigenvalue weighted by atomic mass is 9.81. The first-order valence-electron chi connectivity index (χ1n) is 7.66. The molecule has 0 amide bonds. The number of terminal acetylenes is 1. The molecule has 1 aromatic rings. The van der Waals surface area contributed by atoms with Crippen LogP contribution in [0.1, 0.15) is 37.7 Å². The summed E-state index contributed by atoms with van der Waals surface area (Å²) in [6.07, 6.45) is 11.2. The summed E-state index contributed by atoms with van der Waals surface area (Å²) in [5, 5.41) is 11.0. The zero-order chi connectivity index (χ0) is 14.0. The Kier molecular flexibility index (Phi) is 3.83. The molecule has 2 heteroatoms. The Hall–Kier alpha value is -1.30. The highest BCUT2D eigenvalue weighted by Crippen LogP contribution is 2.42. The van der Waals surface area contributed by atoms with Crippen molar-refractivity contribution in [3.8, 4) is 12.3 Å². The molecule has 2 bridgehead atoms. The molecule has 0 radical (unpaired) electrons. The van der Waals surface area contributed by atoms with E-state index >= 15 is 0 Å².